The molecule has 0 aromatic heterocycles. The minimum Gasteiger partial charge on any atom is -0.445 e. The van der Waals surface area contributed by atoms with Gasteiger partial charge in [-0.15, -0.1) is 0 Å². The Morgan fingerprint density at radius 1 is 0.260 bits per heavy atom. The predicted octanol–water partition coefficient (Wildman–Crippen LogP) is 12.3. The number of carbonyl (C=O) groups excluding carboxylic acids is 10. The van der Waals surface area contributed by atoms with Crippen LogP contribution in [0.3, 0.4) is 0 Å². The zero-order chi connectivity index (χ0) is 75.5. The molecule has 0 saturated carbocycles. The lowest BCUT2D eigenvalue weighted by Gasteiger charge is -2.25. The van der Waals surface area contributed by atoms with Gasteiger partial charge in [0.2, 0.25) is 23.6 Å². The summed E-state index contributed by atoms with van der Waals surface area (Å²) in [5.41, 5.74) is 1.70. The maximum absolute atomic E-state index is 14.0. The number of benzene rings is 4. The van der Waals surface area contributed by atoms with E-state index in [9.17, 15) is 47.9 Å². The van der Waals surface area contributed by atoms with Crippen molar-refractivity contribution in [1.29, 1.82) is 0 Å². The standard InChI is InChI=1S/C78H116N10O16/c1-77(2,3)103-75(97)87-65(47-29-35-53-83-73(95)101-57-61-41-23-17-24-42-61)69(91)85-63(45-27-33-51-81-71(93)99-55-59-37-19-15-20-38-59)67(89)79-49-31-13-11-9-7-8-10-12-14-32-50-80-68(90)64(46-28-34-52-82-72(94)100-56-60-39-21-16-22-40-60)86-70(92)66(88-76(98)104-78(4,5)6)48-30-36-54-84-74(96)102-58-62-43-25-18-26-44-62/h15-26,37-44,63-66H,7-14,27-36,45-58H2,1-6H3,(H,79,89)(H,80,90)(H,81,93)(H,82,94)(H,83,95)(H,84,96)(H,85,91)(H,86,92)(H,87,97)(H,88,98)/t63-,64-,65-,66-/m0/s1. The molecule has 0 radical (unpaired) electrons. The summed E-state index contributed by atoms with van der Waals surface area (Å²) in [5, 5.41) is 28.0. The highest BCUT2D eigenvalue weighted by Gasteiger charge is 2.30. The third-order valence-electron chi connectivity index (χ3n) is 16.1. The molecule has 0 aliphatic carbocycles. The average Bonchev–Trinajstić information content (AvgIpc) is 0.892. The van der Waals surface area contributed by atoms with Crippen LogP contribution < -0.4 is 53.2 Å². The first-order valence-electron chi connectivity index (χ1n) is 36.9. The Labute approximate surface area is 614 Å². The van der Waals surface area contributed by atoms with E-state index in [0.717, 1.165) is 86.5 Å². The number of unbranched alkanes of at least 4 members (excludes halogenated alkanes) is 13. The number of ether oxygens (including phenoxy) is 6. The molecule has 4 aromatic rings. The lowest BCUT2D eigenvalue weighted by atomic mass is 10.0. The van der Waals surface area contributed by atoms with Crippen molar-refractivity contribution in [2.24, 2.45) is 0 Å². The van der Waals surface area contributed by atoms with Crippen molar-refractivity contribution < 1.29 is 76.4 Å². The number of rotatable bonds is 49. The molecule has 26 nitrogen and oxygen atoms in total. The van der Waals surface area contributed by atoms with E-state index >= 15 is 0 Å². The Morgan fingerprint density at radius 2 is 0.471 bits per heavy atom. The van der Waals surface area contributed by atoms with E-state index in [0.29, 0.717) is 64.5 Å². The molecule has 10 N–H and O–H groups in total. The molecule has 0 fully saturated rings. The van der Waals surface area contributed by atoms with E-state index < -0.39 is 83.7 Å². The van der Waals surface area contributed by atoms with Gasteiger partial charge in [0.25, 0.3) is 0 Å². The second-order valence-corrected chi connectivity index (χ2v) is 27.6. The highest BCUT2D eigenvalue weighted by Crippen LogP contribution is 2.16. The molecule has 0 spiro atoms. The molecule has 0 aliphatic rings. The van der Waals surface area contributed by atoms with Gasteiger partial charge < -0.3 is 81.6 Å². The number of hydrogen-bond donors (Lipinski definition) is 10. The van der Waals surface area contributed by atoms with Crippen LogP contribution in [0, 0.1) is 0 Å². The van der Waals surface area contributed by atoms with E-state index in [4.69, 9.17) is 28.4 Å². The first-order chi connectivity index (χ1) is 50.0. The second-order valence-electron chi connectivity index (χ2n) is 27.6. The molecule has 0 bridgehead atoms. The van der Waals surface area contributed by atoms with Crippen LogP contribution >= 0.6 is 0 Å². The number of carbonyl (C=O) groups is 10. The van der Waals surface area contributed by atoms with E-state index in [-0.39, 0.29) is 90.1 Å². The number of hydrogen-bond acceptors (Lipinski definition) is 16. The van der Waals surface area contributed by atoms with Crippen LogP contribution in [-0.2, 0) is 74.0 Å². The summed E-state index contributed by atoms with van der Waals surface area (Å²) in [4.78, 5) is 131. The molecule has 10 amide bonds. The normalized spacial score (nSPS) is 12.2. The molecular weight excluding hydrogens is 1330 g/mol. The predicted molar refractivity (Wildman–Crippen MR) is 396 cm³/mol. The summed E-state index contributed by atoms with van der Waals surface area (Å²) in [6, 6.07) is 33.1. The van der Waals surface area contributed by atoms with Crippen molar-refractivity contribution in [1.82, 2.24) is 53.2 Å². The first kappa shape index (κ1) is 86.8. The fraction of sp³-hybridized carbons (Fsp3) is 0.564. The molecule has 0 saturated heterocycles. The fourth-order valence-electron chi connectivity index (χ4n) is 10.6. The van der Waals surface area contributed by atoms with Crippen molar-refractivity contribution >= 4 is 60.2 Å². The SMILES string of the molecule is CC(C)(C)OC(=O)N[C@@H](CCCCNC(=O)OCc1ccccc1)C(=O)N[C@@H](CCCCNC(=O)OCc1ccccc1)C(=O)NCCCCCCCCCCCCNC(=O)[C@H](CCCCNC(=O)OCc1ccccc1)NC(=O)[C@H](CCCCNC(=O)OCc1ccccc1)NC(=O)OC(C)(C)C. The van der Waals surface area contributed by atoms with Gasteiger partial charge in [0.15, 0.2) is 0 Å². The second kappa shape index (κ2) is 51.5. The van der Waals surface area contributed by atoms with Gasteiger partial charge in [-0.05, 0) is 154 Å². The highest BCUT2D eigenvalue weighted by molar-refractivity contribution is 5.92. The monoisotopic (exact) mass is 1450 g/mol. The highest BCUT2D eigenvalue weighted by atomic mass is 16.6. The fourth-order valence-corrected chi connectivity index (χ4v) is 10.6. The first-order valence-corrected chi connectivity index (χ1v) is 36.9. The van der Waals surface area contributed by atoms with Crippen LogP contribution in [0.1, 0.15) is 205 Å². The number of alkyl carbamates (subject to hydrolysis) is 6. The van der Waals surface area contributed by atoms with Crippen LogP contribution in [0.2, 0.25) is 0 Å². The Morgan fingerprint density at radius 3 is 0.712 bits per heavy atom. The Hall–Kier alpha value is -9.62. The molecule has 4 rings (SSSR count). The summed E-state index contributed by atoms with van der Waals surface area (Å²) < 4.78 is 32.3. The van der Waals surface area contributed by atoms with Crippen LogP contribution in [-0.4, -0.2) is 135 Å². The third kappa shape index (κ3) is 43.4. The zero-order valence-electron chi connectivity index (χ0n) is 62.0. The van der Waals surface area contributed by atoms with Gasteiger partial charge in [-0.2, -0.15) is 0 Å². The topological polar surface area (TPSA) is 346 Å². The quantitative estimate of drug-likeness (QED) is 0.0145. The largest absolute Gasteiger partial charge is 0.445 e. The van der Waals surface area contributed by atoms with E-state index in [1.807, 2.05) is 121 Å². The van der Waals surface area contributed by atoms with Gasteiger partial charge in [0.05, 0.1) is 0 Å². The molecule has 574 valence electrons. The van der Waals surface area contributed by atoms with E-state index in [1.165, 1.54) is 0 Å². The minimum atomic E-state index is -1.06. The summed E-state index contributed by atoms with van der Waals surface area (Å²) in [7, 11) is 0. The lowest BCUT2D eigenvalue weighted by molar-refractivity contribution is -0.130. The molecule has 0 heterocycles. The Bertz CT molecular complexity index is 2910. The van der Waals surface area contributed by atoms with Crippen molar-refractivity contribution in [3.63, 3.8) is 0 Å². The van der Waals surface area contributed by atoms with Gasteiger partial charge >= 0.3 is 36.6 Å². The van der Waals surface area contributed by atoms with Crippen LogP contribution in [0.15, 0.2) is 121 Å². The van der Waals surface area contributed by atoms with Gasteiger partial charge in [-0.3, -0.25) is 19.2 Å². The molecular formula is C78H116N10O16. The van der Waals surface area contributed by atoms with Crippen molar-refractivity contribution in [2.75, 3.05) is 39.3 Å². The minimum absolute atomic E-state index is 0.116. The smallest absolute Gasteiger partial charge is 0.408 e. The average molecular weight is 1450 g/mol. The van der Waals surface area contributed by atoms with Gasteiger partial charge in [0.1, 0.15) is 61.8 Å². The maximum Gasteiger partial charge on any atom is 0.408 e. The van der Waals surface area contributed by atoms with Crippen molar-refractivity contribution in [3.8, 4) is 0 Å². The Balaban J connectivity index is 1.22. The molecule has 4 aromatic carbocycles. The van der Waals surface area contributed by atoms with Crippen molar-refractivity contribution in [2.45, 2.75) is 245 Å². The third-order valence-corrected chi connectivity index (χ3v) is 16.1. The van der Waals surface area contributed by atoms with Gasteiger partial charge in [-0.1, -0.05) is 173 Å². The van der Waals surface area contributed by atoms with Crippen LogP contribution in [0.25, 0.3) is 0 Å². The summed E-state index contributed by atoms with van der Waals surface area (Å²) >= 11 is 0. The maximum atomic E-state index is 14.0. The summed E-state index contributed by atoms with van der Waals surface area (Å²) in [6.45, 7) is 12.6. The molecule has 104 heavy (non-hydrogen) atoms. The van der Waals surface area contributed by atoms with Crippen molar-refractivity contribution in [3.05, 3.63) is 144 Å². The van der Waals surface area contributed by atoms with Crippen LogP contribution in [0.4, 0.5) is 28.8 Å². The van der Waals surface area contributed by atoms with E-state index in [1.54, 1.807) is 41.5 Å². The summed E-state index contributed by atoms with van der Waals surface area (Å²) in [5.74, 6) is -1.88. The Kier molecular flexibility index (Phi) is 43.0. The zero-order valence-corrected chi connectivity index (χ0v) is 62.0. The van der Waals surface area contributed by atoms with E-state index in [2.05, 4.69) is 53.2 Å². The van der Waals surface area contributed by atoms with Gasteiger partial charge in [-0.25, -0.2) is 28.8 Å². The number of amides is 10. The molecule has 0 aliphatic heterocycles. The summed E-state index contributed by atoms with van der Waals surface area (Å²) in [6.07, 6.45) is 9.86. The molecule has 0 unspecified atom stereocenters. The molecule has 4 atom stereocenters. The molecule has 26 heteroatoms. The lowest BCUT2D eigenvalue weighted by Crippen LogP contribution is -2.54. The van der Waals surface area contributed by atoms with Crippen LogP contribution in [0.5, 0.6) is 0 Å². The number of nitrogens with one attached hydrogen (secondary N) is 10. The van der Waals surface area contributed by atoms with Gasteiger partial charge in [0, 0.05) is 39.3 Å².